The number of halogens is 1. The maximum Gasteiger partial charge on any atom is 0.146 e. The van der Waals surface area contributed by atoms with Crippen LogP contribution in [0.2, 0.25) is 0 Å². The Morgan fingerprint density at radius 3 is 2.67 bits per heavy atom. The van der Waals surface area contributed by atoms with E-state index in [9.17, 15) is 9.50 Å². The number of alkyl halides is 1. The van der Waals surface area contributed by atoms with Crippen LogP contribution in [0.25, 0.3) is 0 Å². The largest absolute Gasteiger partial charge is 0.387 e. The zero-order chi connectivity index (χ0) is 9.30. The molecule has 0 aromatic heterocycles. The molecule has 0 radical (unpaired) electrons. The Kier molecular flexibility index (Phi) is 3.00. The minimum absolute atomic E-state index is 0.110. The summed E-state index contributed by atoms with van der Waals surface area (Å²) in [6.07, 6.45) is -3.66. The third-order valence-electron chi connectivity index (χ3n) is 2.24. The highest BCUT2D eigenvalue weighted by molar-refractivity contribution is 4.93. The number of hydrogen-bond acceptors (Lipinski definition) is 4. The molecule has 1 rings (SSSR count). The molecule has 12 heavy (non-hydrogen) atoms. The van der Waals surface area contributed by atoms with Gasteiger partial charge in [0.25, 0.3) is 0 Å². The van der Waals surface area contributed by atoms with Gasteiger partial charge in [0.2, 0.25) is 0 Å². The molecule has 0 bridgehead atoms. The quantitative estimate of drug-likeness (QED) is 0.469. The second-order valence-corrected chi connectivity index (χ2v) is 3.13. The van der Waals surface area contributed by atoms with Crippen LogP contribution in [0.4, 0.5) is 4.39 Å². The first-order chi connectivity index (χ1) is 5.57. The first kappa shape index (κ1) is 9.85. The molecule has 5 atom stereocenters. The van der Waals surface area contributed by atoms with Crippen molar-refractivity contribution in [3.8, 4) is 0 Å². The Labute approximate surface area is 70.7 Å². The van der Waals surface area contributed by atoms with Crippen molar-refractivity contribution in [1.82, 2.24) is 0 Å². The van der Waals surface area contributed by atoms with E-state index >= 15 is 0 Å². The summed E-state index contributed by atoms with van der Waals surface area (Å²) in [5.74, 6) is 0. The summed E-state index contributed by atoms with van der Waals surface area (Å²) in [6, 6.07) is -0.761. The van der Waals surface area contributed by atoms with Crippen molar-refractivity contribution >= 4 is 0 Å². The third kappa shape index (κ3) is 1.59. The molecule has 72 valence electrons. The van der Waals surface area contributed by atoms with E-state index in [-0.39, 0.29) is 6.54 Å². The average Bonchev–Trinajstić information content (AvgIpc) is 2.08. The minimum atomic E-state index is -1.44. The van der Waals surface area contributed by atoms with Crippen LogP contribution in [-0.2, 0) is 4.74 Å². The predicted molar refractivity (Wildman–Crippen MR) is 42.3 cm³/mol. The summed E-state index contributed by atoms with van der Waals surface area (Å²) in [7, 11) is 0. The van der Waals surface area contributed by atoms with E-state index in [0.717, 1.165) is 0 Å². The van der Waals surface area contributed by atoms with Crippen molar-refractivity contribution in [3.05, 3.63) is 0 Å². The van der Waals surface area contributed by atoms with Gasteiger partial charge in [0, 0.05) is 6.54 Å². The maximum absolute atomic E-state index is 13.1. The Balaban J connectivity index is 2.63. The molecular formula is C7H15FN2O2. The van der Waals surface area contributed by atoms with E-state index in [0.29, 0.717) is 0 Å². The molecule has 0 unspecified atom stereocenters. The summed E-state index contributed by atoms with van der Waals surface area (Å²) in [5.41, 5.74) is 10.7. The highest BCUT2D eigenvalue weighted by Crippen LogP contribution is 2.21. The summed E-state index contributed by atoms with van der Waals surface area (Å²) in [4.78, 5) is 0. The van der Waals surface area contributed by atoms with Gasteiger partial charge in [-0.25, -0.2) is 4.39 Å². The van der Waals surface area contributed by atoms with Gasteiger partial charge in [-0.3, -0.25) is 0 Å². The highest BCUT2D eigenvalue weighted by atomic mass is 19.1. The number of nitrogens with two attached hydrogens (primary N) is 2. The van der Waals surface area contributed by atoms with Crippen molar-refractivity contribution in [2.75, 3.05) is 6.54 Å². The van der Waals surface area contributed by atoms with E-state index in [1.54, 1.807) is 6.92 Å². The standard InChI is InChI=1S/C7H15FN2O2/c1-3-6(10)5(8)7(11)4(2-9)12-3/h3-7,11H,2,9-10H2,1H3/t3-,4-,5-,6+,7+/m1/s1. The minimum Gasteiger partial charge on any atom is -0.387 e. The fourth-order valence-corrected chi connectivity index (χ4v) is 1.33. The summed E-state index contributed by atoms with van der Waals surface area (Å²) in [6.45, 7) is 1.78. The van der Waals surface area contributed by atoms with Crippen LogP contribution in [0, 0.1) is 0 Å². The number of aliphatic hydroxyl groups is 1. The molecular weight excluding hydrogens is 163 g/mol. The maximum atomic E-state index is 13.1. The molecule has 5 N–H and O–H groups in total. The van der Waals surface area contributed by atoms with Gasteiger partial charge in [-0.15, -0.1) is 0 Å². The highest BCUT2D eigenvalue weighted by Gasteiger charge is 2.41. The van der Waals surface area contributed by atoms with Gasteiger partial charge >= 0.3 is 0 Å². The van der Waals surface area contributed by atoms with Crippen LogP contribution in [0.15, 0.2) is 0 Å². The predicted octanol–water partition coefficient (Wildman–Crippen LogP) is -1.24. The Morgan fingerprint density at radius 1 is 1.58 bits per heavy atom. The topological polar surface area (TPSA) is 81.5 Å². The van der Waals surface area contributed by atoms with Gasteiger partial charge in [-0.1, -0.05) is 0 Å². The van der Waals surface area contributed by atoms with Gasteiger partial charge in [0.15, 0.2) is 0 Å². The SMILES string of the molecule is C[C@H]1O[C@H](CN)[C@H](O)[C@H](F)[C@H]1N. The lowest BCUT2D eigenvalue weighted by Gasteiger charge is -2.38. The molecule has 1 saturated heterocycles. The van der Waals surface area contributed by atoms with E-state index in [1.807, 2.05) is 0 Å². The first-order valence-electron chi connectivity index (χ1n) is 4.01. The van der Waals surface area contributed by atoms with E-state index in [2.05, 4.69) is 0 Å². The van der Waals surface area contributed by atoms with Crippen LogP contribution in [0.3, 0.4) is 0 Å². The Morgan fingerprint density at radius 2 is 2.17 bits per heavy atom. The lowest BCUT2D eigenvalue weighted by atomic mass is 9.95. The van der Waals surface area contributed by atoms with E-state index in [4.69, 9.17) is 16.2 Å². The molecule has 0 spiro atoms. The van der Waals surface area contributed by atoms with Crippen molar-refractivity contribution < 1.29 is 14.2 Å². The number of aliphatic hydroxyl groups excluding tert-OH is 1. The molecule has 0 amide bonds. The monoisotopic (exact) mass is 178 g/mol. The Bertz CT molecular complexity index is 154. The molecule has 0 aromatic rings. The molecule has 1 fully saturated rings. The summed E-state index contributed by atoms with van der Waals surface area (Å²) < 4.78 is 18.3. The smallest absolute Gasteiger partial charge is 0.146 e. The molecule has 5 heteroatoms. The molecule has 0 saturated carbocycles. The van der Waals surface area contributed by atoms with Crippen molar-refractivity contribution in [2.24, 2.45) is 11.5 Å². The molecule has 1 aliphatic rings. The second kappa shape index (κ2) is 3.66. The lowest BCUT2D eigenvalue weighted by Crippen LogP contribution is -2.60. The van der Waals surface area contributed by atoms with Crippen LogP contribution < -0.4 is 11.5 Å². The second-order valence-electron chi connectivity index (χ2n) is 3.13. The zero-order valence-electron chi connectivity index (χ0n) is 6.98. The number of rotatable bonds is 1. The van der Waals surface area contributed by atoms with Gasteiger partial charge in [0.1, 0.15) is 12.3 Å². The van der Waals surface area contributed by atoms with Crippen molar-refractivity contribution in [3.63, 3.8) is 0 Å². The van der Waals surface area contributed by atoms with Crippen LogP contribution in [0.5, 0.6) is 0 Å². The van der Waals surface area contributed by atoms with E-state index in [1.165, 1.54) is 0 Å². The fourth-order valence-electron chi connectivity index (χ4n) is 1.33. The van der Waals surface area contributed by atoms with Crippen LogP contribution >= 0.6 is 0 Å². The number of ether oxygens (including phenoxy) is 1. The van der Waals surface area contributed by atoms with Crippen LogP contribution in [0.1, 0.15) is 6.92 Å². The summed E-state index contributed by atoms with van der Waals surface area (Å²) >= 11 is 0. The summed E-state index contributed by atoms with van der Waals surface area (Å²) in [5, 5.41) is 9.27. The normalized spacial score (nSPS) is 49.2. The first-order valence-corrected chi connectivity index (χ1v) is 4.01. The average molecular weight is 178 g/mol. The number of hydrogen-bond donors (Lipinski definition) is 3. The van der Waals surface area contributed by atoms with Gasteiger partial charge in [-0.2, -0.15) is 0 Å². The van der Waals surface area contributed by atoms with Gasteiger partial charge < -0.3 is 21.3 Å². The van der Waals surface area contributed by atoms with Gasteiger partial charge in [0.05, 0.1) is 18.2 Å². The molecule has 4 nitrogen and oxygen atoms in total. The van der Waals surface area contributed by atoms with Crippen LogP contribution in [-0.4, -0.2) is 42.2 Å². The third-order valence-corrected chi connectivity index (χ3v) is 2.24. The fraction of sp³-hybridized carbons (Fsp3) is 1.00. The van der Waals surface area contributed by atoms with Gasteiger partial charge in [-0.05, 0) is 6.92 Å². The molecule has 0 aliphatic carbocycles. The van der Waals surface area contributed by atoms with E-state index < -0.39 is 30.5 Å². The molecule has 1 heterocycles. The van der Waals surface area contributed by atoms with Crippen molar-refractivity contribution in [2.45, 2.75) is 37.4 Å². The zero-order valence-corrected chi connectivity index (χ0v) is 6.98. The van der Waals surface area contributed by atoms with Crippen molar-refractivity contribution in [1.29, 1.82) is 0 Å². The Hall–Kier alpha value is -0.230. The molecule has 1 aliphatic heterocycles. The lowest BCUT2D eigenvalue weighted by molar-refractivity contribution is -0.149. The molecule has 0 aromatic carbocycles.